The Hall–Kier alpha value is -0.123. The van der Waals surface area contributed by atoms with E-state index in [1.165, 1.54) is 0 Å². The second kappa shape index (κ2) is 7.23. The fourth-order valence-corrected chi connectivity index (χ4v) is 8.43. The smallest absolute Gasteiger partial charge is 0.309 e. The van der Waals surface area contributed by atoms with Crippen LogP contribution in [0.3, 0.4) is 0 Å². The van der Waals surface area contributed by atoms with Gasteiger partial charge in [-0.25, -0.2) is 0 Å². The lowest BCUT2D eigenvalue weighted by atomic mass is 10.2. The van der Waals surface area contributed by atoms with Crippen LogP contribution in [0.25, 0.3) is 0 Å². The maximum Gasteiger partial charge on any atom is 0.335 e. The van der Waals surface area contributed by atoms with Gasteiger partial charge in [0.25, 0.3) is 0 Å². The van der Waals surface area contributed by atoms with Gasteiger partial charge in [-0.3, -0.25) is 4.57 Å². The Kier molecular flexibility index (Phi) is 5.88. The summed E-state index contributed by atoms with van der Waals surface area (Å²) in [5, 5.41) is -0.796. The minimum Gasteiger partial charge on any atom is -0.309 e. The molecular weight excluding hydrogens is 311 g/mol. The maximum atomic E-state index is 13.3. The monoisotopic (exact) mass is 335 g/mol. The van der Waals surface area contributed by atoms with Crippen molar-refractivity contribution < 1.29 is 15.0 Å². The molecule has 0 aliphatic carbocycles. The number of rotatable bonds is 7. The molecule has 0 spiro atoms. The zero-order chi connectivity index (χ0) is 16.3. The van der Waals surface area contributed by atoms with Crippen molar-refractivity contribution in [2.24, 2.45) is 0 Å². The third-order valence-corrected chi connectivity index (χ3v) is 9.50. The van der Waals surface area contributed by atoms with Crippen LogP contribution >= 0.6 is 19.2 Å². The summed E-state index contributed by atoms with van der Waals surface area (Å²) in [6.45, 7) is 10.0. The molecule has 1 rings (SSSR count). The van der Waals surface area contributed by atoms with Gasteiger partial charge in [0.15, 0.2) is 0 Å². The van der Waals surface area contributed by atoms with E-state index >= 15 is 0 Å². The van der Waals surface area contributed by atoms with Gasteiger partial charge >= 0.3 is 7.60 Å². The second-order valence-electron chi connectivity index (χ2n) is 5.44. The van der Waals surface area contributed by atoms with Gasteiger partial charge < -0.3 is 9.05 Å². The second-order valence-corrected chi connectivity index (χ2v) is 13.3. The molecule has 0 aliphatic rings. The lowest BCUT2D eigenvalue weighted by Crippen LogP contribution is -2.32. The van der Waals surface area contributed by atoms with Gasteiger partial charge in [0.05, 0.1) is 26.5 Å². The highest BCUT2D eigenvalue weighted by Gasteiger charge is 2.45. The Bertz CT molecular complexity index is 508. The van der Waals surface area contributed by atoms with Crippen molar-refractivity contribution in [1.82, 2.24) is 0 Å². The van der Waals surface area contributed by atoms with E-state index in [0.29, 0.717) is 10.6 Å². The molecule has 114 valence electrons. The first-order valence-corrected chi connectivity index (χ1v) is 12.2. The van der Waals surface area contributed by atoms with E-state index in [9.17, 15) is 4.57 Å². The molecule has 0 heterocycles. The predicted octanol–water partition coefficient (Wildman–Crippen LogP) is 5.52. The van der Waals surface area contributed by atoms with Gasteiger partial charge in [-0.1, -0.05) is 43.4 Å². The van der Waals surface area contributed by atoms with Crippen LogP contribution in [0, 0.1) is 0 Å². The number of hydrogen-bond donors (Lipinski definition) is 0. The van der Waals surface area contributed by atoms with Crippen LogP contribution < -0.4 is 0 Å². The fraction of sp³-hybridized carbons (Fsp3) is 0.571. The molecule has 0 N–H and O–H groups in total. The lowest BCUT2D eigenvalue weighted by molar-refractivity contribution is 0.217. The Morgan fingerprint density at radius 1 is 1.20 bits per heavy atom. The average Bonchev–Trinajstić information content (AvgIpc) is 2.37. The molecule has 0 aliphatic heterocycles. The van der Waals surface area contributed by atoms with E-state index in [1.807, 2.05) is 19.6 Å². The van der Waals surface area contributed by atoms with Crippen LogP contribution in [0.4, 0.5) is 0 Å². The number of benzene rings is 1. The van der Waals surface area contributed by atoms with Crippen molar-refractivity contribution in [3.8, 4) is 0 Å². The van der Waals surface area contributed by atoms with Crippen LogP contribution in [0.1, 0.15) is 26.0 Å². The first kappa shape index (κ1) is 16.3. The quantitative estimate of drug-likeness (QED) is 0.486. The molecular formula is C14H24ClO3PSi. The molecule has 0 saturated carbocycles. The third-order valence-electron chi connectivity index (χ3n) is 2.70. The summed E-state index contributed by atoms with van der Waals surface area (Å²) in [6, 6.07) is 6.92. The summed E-state index contributed by atoms with van der Waals surface area (Å²) in [7, 11) is -5.88. The van der Waals surface area contributed by atoms with Crippen LogP contribution in [-0.4, -0.2) is 21.3 Å². The van der Waals surface area contributed by atoms with Crippen molar-refractivity contribution in [2.45, 2.75) is 38.7 Å². The maximum absolute atomic E-state index is 13.3. The Labute approximate surface area is 129 Å². The highest BCUT2D eigenvalue weighted by atomic mass is 35.5. The van der Waals surface area contributed by atoms with Crippen LogP contribution in [0.5, 0.6) is 0 Å². The SMILES string of the molecule is [2H]C(c1ccc(Cl)cc1)([Si](C)(C)C)P(=O)(OCC)OCC. The molecule has 3 nitrogen and oxygen atoms in total. The molecule has 0 radical (unpaired) electrons. The summed E-state index contributed by atoms with van der Waals surface area (Å²) in [5.41, 5.74) is 0.635. The molecule has 1 unspecified atom stereocenters. The van der Waals surface area contributed by atoms with Gasteiger partial charge in [-0.2, -0.15) is 0 Å². The minimum absolute atomic E-state index is 0.246. The highest BCUT2D eigenvalue weighted by Crippen LogP contribution is 2.64. The zero-order valence-corrected chi connectivity index (χ0v) is 15.4. The Balaban J connectivity index is 3.52. The highest BCUT2D eigenvalue weighted by molar-refractivity contribution is 7.57. The molecule has 6 heteroatoms. The van der Waals surface area contributed by atoms with Crippen molar-refractivity contribution in [3.05, 3.63) is 34.9 Å². The van der Waals surface area contributed by atoms with Gasteiger partial charge in [0.2, 0.25) is 0 Å². The van der Waals surface area contributed by atoms with Gasteiger partial charge in [-0.05, 0) is 31.5 Å². The molecule has 0 amide bonds. The summed E-state index contributed by atoms with van der Waals surface area (Å²) in [5.74, 6) is 0. The van der Waals surface area contributed by atoms with Crippen molar-refractivity contribution in [2.75, 3.05) is 13.2 Å². The van der Waals surface area contributed by atoms with Crippen molar-refractivity contribution >= 4 is 27.3 Å². The van der Waals surface area contributed by atoms with E-state index in [1.54, 1.807) is 38.1 Å². The zero-order valence-electron chi connectivity index (χ0n) is 13.8. The van der Waals surface area contributed by atoms with Crippen LogP contribution in [-0.2, 0) is 13.6 Å². The van der Waals surface area contributed by atoms with Crippen molar-refractivity contribution in [1.29, 1.82) is 0 Å². The van der Waals surface area contributed by atoms with Gasteiger partial charge in [0, 0.05) is 6.39 Å². The first-order valence-electron chi connectivity index (χ1n) is 7.27. The summed E-state index contributed by atoms with van der Waals surface area (Å²) in [6.07, 6.45) is 0. The number of hydrogen-bond acceptors (Lipinski definition) is 3. The fourth-order valence-electron chi connectivity index (χ4n) is 2.12. The molecule has 0 aromatic heterocycles. The standard InChI is InChI=1S/C14H24ClO3PSi/c1-6-17-19(16,18-7-2)14(20(3,4)5)12-8-10-13(15)11-9-12/h8-11,14H,6-7H2,1-5H3/i14D. The molecule has 1 aromatic rings. The molecule has 0 fully saturated rings. The average molecular weight is 336 g/mol. The van der Waals surface area contributed by atoms with E-state index in [0.717, 1.165) is 0 Å². The first-order chi connectivity index (χ1) is 9.62. The largest absolute Gasteiger partial charge is 0.335 e. The lowest BCUT2D eigenvalue weighted by Gasteiger charge is -2.34. The predicted molar refractivity (Wildman–Crippen MR) is 88.4 cm³/mol. The van der Waals surface area contributed by atoms with Crippen LogP contribution in [0.2, 0.25) is 24.7 Å². The Morgan fingerprint density at radius 3 is 2.00 bits per heavy atom. The van der Waals surface area contributed by atoms with E-state index in [4.69, 9.17) is 22.0 Å². The normalized spacial score (nSPS) is 16.6. The van der Waals surface area contributed by atoms with Crippen LogP contribution in [0.15, 0.2) is 24.3 Å². The molecule has 1 atom stereocenters. The van der Waals surface area contributed by atoms with E-state index < -0.39 is 20.9 Å². The Morgan fingerprint density at radius 2 is 1.65 bits per heavy atom. The summed E-state index contributed by atoms with van der Waals surface area (Å²) < 4.78 is 33.4. The summed E-state index contributed by atoms with van der Waals surface area (Å²) in [4.78, 5) is 0. The molecule has 1 aromatic carbocycles. The summed E-state index contributed by atoms with van der Waals surface area (Å²) >= 11 is 5.93. The van der Waals surface area contributed by atoms with E-state index in [2.05, 4.69) is 0 Å². The minimum atomic E-state index is -3.61. The van der Waals surface area contributed by atoms with Crippen molar-refractivity contribution in [3.63, 3.8) is 0 Å². The van der Waals surface area contributed by atoms with Gasteiger partial charge in [0.1, 0.15) is 0 Å². The third kappa shape index (κ3) is 4.44. The molecule has 20 heavy (non-hydrogen) atoms. The molecule has 0 bridgehead atoms. The number of halogens is 1. The topological polar surface area (TPSA) is 35.5 Å². The molecule has 0 saturated heterocycles. The van der Waals surface area contributed by atoms with Gasteiger partial charge in [-0.15, -0.1) is 0 Å². The van der Waals surface area contributed by atoms with E-state index in [-0.39, 0.29) is 13.2 Å².